The van der Waals surface area contributed by atoms with Crippen molar-refractivity contribution in [2.24, 2.45) is 7.05 Å². The average molecular weight is 393 g/mol. The number of benzene rings is 3. The highest BCUT2D eigenvalue weighted by molar-refractivity contribution is 5.95. The number of hydrogen-bond acceptors (Lipinski definition) is 1. The van der Waals surface area contributed by atoms with Crippen LogP contribution in [0.3, 0.4) is 0 Å². The lowest BCUT2D eigenvalue weighted by molar-refractivity contribution is 0.664. The Morgan fingerprint density at radius 3 is 2.17 bits per heavy atom. The van der Waals surface area contributed by atoms with Crippen LogP contribution in [0.4, 0.5) is 0 Å². The van der Waals surface area contributed by atoms with Crippen molar-refractivity contribution in [3.05, 3.63) is 107 Å². The lowest BCUT2D eigenvalue weighted by Gasteiger charge is -2.14. The van der Waals surface area contributed by atoms with Gasteiger partial charge in [-0.25, -0.2) is 4.68 Å². The number of rotatable bonds is 3. The van der Waals surface area contributed by atoms with Gasteiger partial charge in [-0.15, -0.1) is 0 Å². The molecule has 5 rings (SSSR count). The predicted molar refractivity (Wildman–Crippen MR) is 123 cm³/mol. The lowest BCUT2D eigenvalue weighted by Crippen LogP contribution is -2.20. The Balaban J connectivity index is 1.90. The maximum atomic E-state index is 13.7. The van der Waals surface area contributed by atoms with E-state index in [9.17, 15) is 4.79 Å². The molecule has 5 aromatic rings. The zero-order valence-electron chi connectivity index (χ0n) is 17.3. The van der Waals surface area contributed by atoms with Crippen LogP contribution in [0.1, 0.15) is 11.1 Å². The molecule has 0 aliphatic carbocycles. The Morgan fingerprint density at radius 1 is 0.800 bits per heavy atom. The quantitative estimate of drug-likeness (QED) is 0.404. The summed E-state index contributed by atoms with van der Waals surface area (Å²) in [5, 5.41) is 0.730. The van der Waals surface area contributed by atoms with Gasteiger partial charge in [0.15, 0.2) is 0 Å². The molecule has 0 spiro atoms. The molecule has 0 unspecified atom stereocenters. The molecule has 0 N–H and O–H groups in total. The van der Waals surface area contributed by atoms with Crippen molar-refractivity contribution in [1.29, 1.82) is 0 Å². The van der Waals surface area contributed by atoms with Crippen molar-refractivity contribution in [3.63, 3.8) is 0 Å². The second kappa shape index (κ2) is 6.92. The van der Waals surface area contributed by atoms with Gasteiger partial charge in [-0.2, -0.15) is 0 Å². The third-order valence-electron chi connectivity index (χ3n) is 5.71. The van der Waals surface area contributed by atoms with E-state index < -0.39 is 0 Å². The first-order valence-electron chi connectivity index (χ1n) is 10.1. The van der Waals surface area contributed by atoms with Crippen LogP contribution < -0.4 is 5.56 Å². The van der Waals surface area contributed by atoms with E-state index in [1.165, 1.54) is 11.1 Å². The first-order chi connectivity index (χ1) is 14.6. The summed E-state index contributed by atoms with van der Waals surface area (Å²) in [7, 11) is 1.94. The minimum Gasteiger partial charge on any atom is -0.313 e. The van der Waals surface area contributed by atoms with E-state index in [2.05, 4.69) is 54.9 Å². The molecule has 0 aliphatic heterocycles. The van der Waals surface area contributed by atoms with Crippen LogP contribution in [0.25, 0.3) is 33.5 Å². The fourth-order valence-electron chi connectivity index (χ4n) is 4.21. The number of fused-ring (bicyclic) bond motifs is 1. The molecular weight excluding hydrogens is 370 g/mol. The van der Waals surface area contributed by atoms with Crippen LogP contribution in [0.15, 0.2) is 89.9 Å². The highest BCUT2D eigenvalue weighted by atomic mass is 16.1. The first kappa shape index (κ1) is 18.3. The molecule has 4 heteroatoms. The normalized spacial score (nSPS) is 11.3. The Bertz CT molecular complexity index is 1420. The standard InChI is InChI=1S/C26H23N3O/c1-18-14-15-19(2)22(16-18)28-17-23-24(25(28)20-10-6-4-7-11-20)26(30)29(27(23)3)21-12-8-5-9-13-21/h4-17H,1-3H3. The maximum absolute atomic E-state index is 13.7. The van der Waals surface area contributed by atoms with E-state index in [4.69, 9.17) is 0 Å². The van der Waals surface area contributed by atoms with Crippen LogP contribution in [0.5, 0.6) is 0 Å². The highest BCUT2D eigenvalue weighted by Gasteiger charge is 2.22. The van der Waals surface area contributed by atoms with Gasteiger partial charge in [0, 0.05) is 18.9 Å². The van der Waals surface area contributed by atoms with E-state index in [-0.39, 0.29) is 5.56 Å². The summed E-state index contributed by atoms with van der Waals surface area (Å²) < 4.78 is 5.85. The van der Waals surface area contributed by atoms with Gasteiger partial charge in [0.25, 0.3) is 5.56 Å². The summed E-state index contributed by atoms with van der Waals surface area (Å²) in [6.45, 7) is 4.20. The van der Waals surface area contributed by atoms with E-state index in [0.29, 0.717) is 0 Å². The second-order valence-corrected chi connectivity index (χ2v) is 7.74. The molecule has 0 bridgehead atoms. The van der Waals surface area contributed by atoms with Crippen molar-refractivity contribution >= 4 is 10.9 Å². The van der Waals surface area contributed by atoms with Crippen molar-refractivity contribution in [1.82, 2.24) is 13.9 Å². The van der Waals surface area contributed by atoms with Crippen LogP contribution in [-0.2, 0) is 7.05 Å². The van der Waals surface area contributed by atoms with Crippen LogP contribution >= 0.6 is 0 Å². The van der Waals surface area contributed by atoms with Gasteiger partial charge in [-0.1, -0.05) is 60.7 Å². The topological polar surface area (TPSA) is 31.9 Å². The van der Waals surface area contributed by atoms with Crippen molar-refractivity contribution < 1.29 is 0 Å². The van der Waals surface area contributed by atoms with E-state index >= 15 is 0 Å². The summed E-state index contributed by atoms with van der Waals surface area (Å²) in [5.41, 5.74) is 7.15. The first-order valence-corrected chi connectivity index (χ1v) is 10.1. The van der Waals surface area contributed by atoms with Crippen molar-refractivity contribution in [2.45, 2.75) is 13.8 Å². The van der Waals surface area contributed by atoms with Gasteiger partial charge in [0.1, 0.15) is 0 Å². The SMILES string of the molecule is Cc1ccc(C)c(-n2cc3c(c2-c2ccccc2)c(=O)n(-c2ccccc2)n3C)c1. The predicted octanol–water partition coefficient (Wildman–Crippen LogP) is 5.40. The molecule has 0 fully saturated rings. The van der Waals surface area contributed by atoms with Crippen LogP contribution in [0, 0.1) is 13.8 Å². The van der Waals surface area contributed by atoms with E-state index in [1.54, 1.807) is 4.68 Å². The average Bonchev–Trinajstić information content (AvgIpc) is 3.27. The van der Waals surface area contributed by atoms with Crippen LogP contribution in [0.2, 0.25) is 0 Å². The molecule has 4 nitrogen and oxygen atoms in total. The summed E-state index contributed by atoms with van der Waals surface area (Å²) >= 11 is 0. The third kappa shape index (κ3) is 2.72. The van der Waals surface area contributed by atoms with E-state index in [0.717, 1.165) is 33.5 Å². The molecule has 0 radical (unpaired) electrons. The number of hydrogen-bond donors (Lipinski definition) is 0. The molecule has 0 saturated heterocycles. The van der Waals surface area contributed by atoms with Gasteiger partial charge in [0.2, 0.25) is 0 Å². The molecule has 0 amide bonds. The summed E-state index contributed by atoms with van der Waals surface area (Å²) in [5.74, 6) is 0. The number of nitrogens with zero attached hydrogens (tertiary/aromatic N) is 3. The molecule has 148 valence electrons. The number of aryl methyl sites for hydroxylation is 3. The molecule has 2 heterocycles. The molecular formula is C26H23N3O. The Hall–Kier alpha value is -3.79. The number of aromatic nitrogens is 3. The second-order valence-electron chi connectivity index (χ2n) is 7.74. The van der Waals surface area contributed by atoms with Gasteiger partial charge in [-0.3, -0.25) is 9.48 Å². The molecule has 3 aromatic carbocycles. The zero-order chi connectivity index (χ0) is 20.8. The monoisotopic (exact) mass is 393 g/mol. The minimum atomic E-state index is -0.0124. The Morgan fingerprint density at radius 2 is 1.47 bits per heavy atom. The minimum absolute atomic E-state index is 0.0124. The molecule has 2 aromatic heterocycles. The summed E-state index contributed by atoms with van der Waals surface area (Å²) in [6, 6.07) is 26.4. The van der Waals surface area contributed by atoms with Crippen molar-refractivity contribution in [3.8, 4) is 22.6 Å². The Kier molecular flexibility index (Phi) is 4.21. The molecule has 0 atom stereocenters. The van der Waals surface area contributed by atoms with Crippen LogP contribution in [-0.4, -0.2) is 13.9 Å². The smallest absolute Gasteiger partial charge is 0.281 e. The van der Waals surface area contributed by atoms with E-state index in [1.807, 2.05) is 60.3 Å². The van der Waals surface area contributed by atoms with Gasteiger partial charge < -0.3 is 4.57 Å². The molecule has 0 saturated carbocycles. The van der Waals surface area contributed by atoms with Gasteiger partial charge in [-0.05, 0) is 48.7 Å². The zero-order valence-corrected chi connectivity index (χ0v) is 17.3. The number of para-hydroxylation sites is 1. The summed E-state index contributed by atoms with van der Waals surface area (Å²) in [6.07, 6.45) is 2.08. The Labute approximate surface area is 175 Å². The lowest BCUT2D eigenvalue weighted by atomic mass is 10.1. The van der Waals surface area contributed by atoms with Gasteiger partial charge in [0.05, 0.1) is 22.3 Å². The maximum Gasteiger partial charge on any atom is 0.281 e. The van der Waals surface area contributed by atoms with Crippen molar-refractivity contribution in [2.75, 3.05) is 0 Å². The largest absolute Gasteiger partial charge is 0.313 e. The fourth-order valence-corrected chi connectivity index (χ4v) is 4.21. The molecule has 30 heavy (non-hydrogen) atoms. The highest BCUT2D eigenvalue weighted by Crippen LogP contribution is 2.33. The molecule has 0 aliphatic rings. The van der Waals surface area contributed by atoms with Gasteiger partial charge >= 0.3 is 0 Å². The third-order valence-corrected chi connectivity index (χ3v) is 5.71. The summed E-state index contributed by atoms with van der Waals surface area (Å²) in [4.78, 5) is 13.7. The fraction of sp³-hybridized carbons (Fsp3) is 0.115.